The van der Waals surface area contributed by atoms with Crippen LogP contribution in [0, 0.1) is 0 Å². The van der Waals surface area contributed by atoms with E-state index in [1.54, 1.807) is 24.3 Å². The SMILES string of the molecule is CC(C)OCCC(=O)NC(C(=O)O)c1ccc(Br)cc1. The van der Waals surface area contributed by atoms with Crippen molar-refractivity contribution in [2.45, 2.75) is 32.4 Å². The number of carboxylic acid groups (broad SMARTS) is 1. The van der Waals surface area contributed by atoms with E-state index >= 15 is 0 Å². The number of ether oxygens (including phenoxy) is 1. The van der Waals surface area contributed by atoms with Crippen LogP contribution in [0.2, 0.25) is 0 Å². The standard InChI is InChI=1S/C14H18BrNO4/c1-9(2)20-8-7-12(17)16-13(14(18)19)10-3-5-11(15)6-4-10/h3-6,9,13H,7-8H2,1-2H3,(H,16,17)(H,18,19). The number of hydrogen-bond donors (Lipinski definition) is 2. The smallest absolute Gasteiger partial charge is 0.330 e. The van der Waals surface area contributed by atoms with E-state index in [9.17, 15) is 14.7 Å². The van der Waals surface area contributed by atoms with Crippen molar-refractivity contribution in [3.63, 3.8) is 0 Å². The van der Waals surface area contributed by atoms with Gasteiger partial charge in [0.15, 0.2) is 6.04 Å². The van der Waals surface area contributed by atoms with E-state index in [4.69, 9.17) is 4.74 Å². The minimum absolute atomic E-state index is 0.0459. The van der Waals surface area contributed by atoms with Crippen LogP contribution < -0.4 is 5.32 Å². The lowest BCUT2D eigenvalue weighted by Gasteiger charge is -2.15. The van der Waals surface area contributed by atoms with Gasteiger partial charge in [-0.2, -0.15) is 0 Å². The molecule has 5 nitrogen and oxygen atoms in total. The molecular formula is C14H18BrNO4. The lowest BCUT2D eigenvalue weighted by molar-refractivity contribution is -0.142. The number of carbonyl (C=O) groups excluding carboxylic acids is 1. The maximum Gasteiger partial charge on any atom is 0.330 e. The zero-order valence-electron chi connectivity index (χ0n) is 11.4. The highest BCUT2D eigenvalue weighted by molar-refractivity contribution is 9.10. The van der Waals surface area contributed by atoms with Gasteiger partial charge < -0.3 is 15.2 Å². The number of carboxylic acids is 1. The van der Waals surface area contributed by atoms with Gasteiger partial charge in [0.2, 0.25) is 5.91 Å². The third-order valence-electron chi connectivity index (χ3n) is 2.54. The molecule has 0 saturated carbocycles. The number of amides is 1. The molecule has 1 atom stereocenters. The Morgan fingerprint density at radius 3 is 2.40 bits per heavy atom. The van der Waals surface area contributed by atoms with Gasteiger partial charge >= 0.3 is 5.97 Å². The second kappa shape index (κ2) is 8.01. The first-order chi connectivity index (χ1) is 9.40. The number of rotatable bonds is 7. The van der Waals surface area contributed by atoms with E-state index in [0.717, 1.165) is 4.47 Å². The summed E-state index contributed by atoms with van der Waals surface area (Å²) in [5.41, 5.74) is 0.527. The maximum absolute atomic E-state index is 11.7. The molecule has 1 aromatic rings. The van der Waals surface area contributed by atoms with E-state index < -0.39 is 12.0 Å². The predicted molar refractivity (Wildman–Crippen MR) is 78.4 cm³/mol. The molecule has 1 rings (SSSR count). The number of hydrogen-bond acceptors (Lipinski definition) is 3. The monoisotopic (exact) mass is 343 g/mol. The average molecular weight is 344 g/mol. The fraction of sp³-hybridized carbons (Fsp3) is 0.429. The van der Waals surface area contributed by atoms with Crippen LogP contribution in [0.3, 0.4) is 0 Å². The van der Waals surface area contributed by atoms with Crippen LogP contribution in [-0.2, 0) is 14.3 Å². The molecule has 0 spiro atoms. The highest BCUT2D eigenvalue weighted by Gasteiger charge is 2.21. The van der Waals surface area contributed by atoms with Crippen molar-refractivity contribution in [3.8, 4) is 0 Å². The molecule has 1 unspecified atom stereocenters. The highest BCUT2D eigenvalue weighted by Crippen LogP contribution is 2.17. The van der Waals surface area contributed by atoms with Crippen LogP contribution >= 0.6 is 15.9 Å². The van der Waals surface area contributed by atoms with Crippen LogP contribution in [0.25, 0.3) is 0 Å². The Bertz CT molecular complexity index is 459. The first-order valence-electron chi connectivity index (χ1n) is 6.29. The molecule has 110 valence electrons. The Labute approximate surface area is 126 Å². The number of halogens is 1. The molecule has 2 N–H and O–H groups in total. The normalized spacial score (nSPS) is 12.2. The molecule has 0 aliphatic rings. The molecule has 0 aromatic heterocycles. The molecule has 0 bridgehead atoms. The molecule has 1 aromatic carbocycles. The van der Waals surface area contributed by atoms with Crippen molar-refractivity contribution in [2.75, 3.05) is 6.61 Å². The quantitative estimate of drug-likeness (QED) is 0.797. The first-order valence-corrected chi connectivity index (χ1v) is 7.08. The van der Waals surface area contributed by atoms with E-state index in [1.165, 1.54) is 0 Å². The summed E-state index contributed by atoms with van der Waals surface area (Å²) >= 11 is 3.28. The Morgan fingerprint density at radius 1 is 1.30 bits per heavy atom. The Balaban J connectivity index is 2.61. The van der Waals surface area contributed by atoms with Crippen molar-refractivity contribution in [1.82, 2.24) is 5.32 Å². The predicted octanol–water partition coefficient (Wildman–Crippen LogP) is 2.51. The third-order valence-corrected chi connectivity index (χ3v) is 3.06. The fourth-order valence-corrected chi connectivity index (χ4v) is 1.83. The summed E-state index contributed by atoms with van der Waals surface area (Å²) in [6.07, 6.45) is 0.183. The van der Waals surface area contributed by atoms with Crippen LogP contribution in [-0.4, -0.2) is 29.7 Å². The van der Waals surface area contributed by atoms with Gasteiger partial charge in [0, 0.05) is 4.47 Å². The summed E-state index contributed by atoms with van der Waals surface area (Å²) in [6, 6.07) is 5.75. The van der Waals surface area contributed by atoms with Gasteiger partial charge in [0.1, 0.15) is 0 Å². The first kappa shape index (κ1) is 16.7. The summed E-state index contributed by atoms with van der Waals surface area (Å²) in [6.45, 7) is 4.02. The van der Waals surface area contributed by atoms with Gasteiger partial charge in [-0.25, -0.2) is 4.79 Å². The molecule has 6 heteroatoms. The average Bonchev–Trinajstić information content (AvgIpc) is 2.36. The Morgan fingerprint density at radius 2 is 1.90 bits per heavy atom. The minimum Gasteiger partial charge on any atom is -0.479 e. The van der Waals surface area contributed by atoms with E-state index in [-0.39, 0.29) is 25.0 Å². The summed E-state index contributed by atoms with van der Waals surface area (Å²) in [5.74, 6) is -1.44. The van der Waals surface area contributed by atoms with Gasteiger partial charge in [-0.15, -0.1) is 0 Å². The second-order valence-corrected chi connectivity index (χ2v) is 5.48. The topological polar surface area (TPSA) is 75.6 Å². The molecule has 0 aliphatic carbocycles. The number of carbonyl (C=O) groups is 2. The molecular weight excluding hydrogens is 326 g/mol. The highest BCUT2D eigenvalue weighted by atomic mass is 79.9. The number of aliphatic carboxylic acids is 1. The van der Waals surface area contributed by atoms with Gasteiger partial charge in [0.25, 0.3) is 0 Å². The van der Waals surface area contributed by atoms with Crippen molar-refractivity contribution in [1.29, 1.82) is 0 Å². The van der Waals surface area contributed by atoms with Crippen LogP contribution in [0.5, 0.6) is 0 Å². The minimum atomic E-state index is -1.09. The van der Waals surface area contributed by atoms with Gasteiger partial charge in [-0.3, -0.25) is 4.79 Å². The van der Waals surface area contributed by atoms with Crippen LogP contribution in [0.4, 0.5) is 0 Å². The van der Waals surface area contributed by atoms with Crippen molar-refractivity contribution >= 4 is 27.8 Å². The molecule has 0 fully saturated rings. The second-order valence-electron chi connectivity index (χ2n) is 4.56. The summed E-state index contributed by atoms with van der Waals surface area (Å²) in [4.78, 5) is 23.0. The zero-order valence-corrected chi connectivity index (χ0v) is 13.0. The molecule has 0 aliphatic heterocycles. The van der Waals surface area contributed by atoms with Gasteiger partial charge in [-0.05, 0) is 31.5 Å². The summed E-state index contributed by atoms with van der Waals surface area (Å²) in [5, 5.41) is 11.7. The lowest BCUT2D eigenvalue weighted by atomic mass is 10.1. The van der Waals surface area contributed by atoms with Crippen molar-refractivity contribution in [2.24, 2.45) is 0 Å². The van der Waals surface area contributed by atoms with E-state index in [2.05, 4.69) is 21.2 Å². The molecule has 1 amide bonds. The molecule has 0 heterocycles. The Hall–Kier alpha value is -1.40. The van der Waals surface area contributed by atoms with Crippen LogP contribution in [0.1, 0.15) is 31.9 Å². The summed E-state index contributed by atoms with van der Waals surface area (Å²) < 4.78 is 6.11. The maximum atomic E-state index is 11.7. The lowest BCUT2D eigenvalue weighted by Crippen LogP contribution is -2.34. The number of nitrogens with one attached hydrogen (secondary N) is 1. The van der Waals surface area contributed by atoms with Crippen LogP contribution in [0.15, 0.2) is 28.7 Å². The third kappa shape index (κ3) is 5.71. The number of benzene rings is 1. The largest absolute Gasteiger partial charge is 0.479 e. The summed E-state index contributed by atoms with van der Waals surface area (Å²) in [7, 11) is 0. The molecule has 20 heavy (non-hydrogen) atoms. The Kier molecular flexibility index (Phi) is 6.67. The molecule has 0 saturated heterocycles. The van der Waals surface area contributed by atoms with E-state index in [1.807, 2.05) is 13.8 Å². The molecule has 0 radical (unpaired) electrons. The van der Waals surface area contributed by atoms with Crippen molar-refractivity contribution in [3.05, 3.63) is 34.3 Å². The fourth-order valence-electron chi connectivity index (χ4n) is 1.56. The van der Waals surface area contributed by atoms with Gasteiger partial charge in [0.05, 0.1) is 19.1 Å². The van der Waals surface area contributed by atoms with Gasteiger partial charge in [-0.1, -0.05) is 28.1 Å². The van der Waals surface area contributed by atoms with E-state index in [0.29, 0.717) is 5.56 Å². The van der Waals surface area contributed by atoms with Crippen molar-refractivity contribution < 1.29 is 19.4 Å². The zero-order chi connectivity index (χ0) is 15.1.